The Hall–Kier alpha value is -2.46. The van der Waals surface area contributed by atoms with E-state index in [1.54, 1.807) is 6.07 Å². The number of hydrogen-bond acceptors (Lipinski definition) is 3. The van der Waals surface area contributed by atoms with Crippen molar-refractivity contribution >= 4 is 16.6 Å². The van der Waals surface area contributed by atoms with Crippen LogP contribution in [0.4, 0.5) is 5.69 Å². The van der Waals surface area contributed by atoms with Crippen LogP contribution in [0.15, 0.2) is 54.7 Å². The predicted octanol–water partition coefficient (Wildman–Crippen LogP) is 2.80. The number of aromatic hydroxyl groups is 1. The van der Waals surface area contributed by atoms with Crippen molar-refractivity contribution in [3.05, 3.63) is 60.3 Å². The zero-order valence-corrected chi connectivity index (χ0v) is 13.1. The molecule has 2 aromatic carbocycles. The van der Waals surface area contributed by atoms with Crippen molar-refractivity contribution in [3.63, 3.8) is 0 Å². The van der Waals surface area contributed by atoms with E-state index >= 15 is 0 Å². The first-order valence-corrected chi connectivity index (χ1v) is 8.13. The van der Waals surface area contributed by atoms with E-state index in [4.69, 9.17) is 0 Å². The lowest BCUT2D eigenvalue weighted by atomic mass is 10.1. The summed E-state index contributed by atoms with van der Waals surface area (Å²) in [6.45, 7) is 4.96. The van der Waals surface area contributed by atoms with E-state index in [0.29, 0.717) is 5.75 Å². The van der Waals surface area contributed by atoms with Crippen molar-refractivity contribution in [2.75, 3.05) is 31.1 Å². The fourth-order valence-electron chi connectivity index (χ4n) is 3.38. The van der Waals surface area contributed by atoms with Crippen LogP contribution in [0, 0.1) is 0 Å². The van der Waals surface area contributed by atoms with Gasteiger partial charge < -0.3 is 19.9 Å². The molecule has 1 aromatic heterocycles. The average Bonchev–Trinajstić information content (AvgIpc) is 2.99. The van der Waals surface area contributed by atoms with Gasteiger partial charge in [0.2, 0.25) is 0 Å². The summed E-state index contributed by atoms with van der Waals surface area (Å²) in [6.07, 6.45) is 2.14. The van der Waals surface area contributed by atoms with Crippen LogP contribution >= 0.6 is 0 Å². The van der Waals surface area contributed by atoms with Crippen LogP contribution in [0.2, 0.25) is 0 Å². The fraction of sp³-hybridized carbons (Fsp3) is 0.263. The van der Waals surface area contributed by atoms with E-state index in [1.165, 1.54) is 16.6 Å². The number of aromatic nitrogens is 1. The molecule has 0 atom stereocenters. The van der Waals surface area contributed by atoms with Gasteiger partial charge in [0, 0.05) is 50.0 Å². The summed E-state index contributed by atoms with van der Waals surface area (Å²) in [5.74, 6) is 0.320. The van der Waals surface area contributed by atoms with Gasteiger partial charge in [0.1, 0.15) is 5.75 Å². The van der Waals surface area contributed by atoms with E-state index in [1.807, 2.05) is 18.2 Å². The molecule has 0 amide bonds. The van der Waals surface area contributed by atoms with Crippen LogP contribution in [0.25, 0.3) is 10.9 Å². The number of nitrogens with zero attached hydrogens (tertiary/aromatic N) is 2. The molecule has 1 fully saturated rings. The van der Waals surface area contributed by atoms with Gasteiger partial charge >= 0.3 is 0 Å². The molecule has 1 aliphatic rings. The molecular formula is C19H21N3O. The van der Waals surface area contributed by atoms with Gasteiger partial charge in [-0.3, -0.25) is 0 Å². The largest absolute Gasteiger partial charge is 0.508 e. The van der Waals surface area contributed by atoms with Crippen LogP contribution in [0.3, 0.4) is 0 Å². The van der Waals surface area contributed by atoms with E-state index in [9.17, 15) is 5.11 Å². The molecule has 0 bridgehead atoms. The predicted molar refractivity (Wildman–Crippen MR) is 94.2 cm³/mol. The summed E-state index contributed by atoms with van der Waals surface area (Å²) >= 11 is 0. The second-order valence-corrected chi connectivity index (χ2v) is 6.06. The highest BCUT2D eigenvalue weighted by molar-refractivity contribution is 5.93. The second kappa shape index (κ2) is 5.97. The first kappa shape index (κ1) is 14.2. The molecule has 2 N–H and O–H groups in total. The Morgan fingerprint density at radius 3 is 2.65 bits per heavy atom. The molecule has 4 heteroatoms. The smallest absolute Gasteiger partial charge is 0.115 e. The third-order valence-corrected chi connectivity index (χ3v) is 4.51. The first-order valence-electron chi connectivity index (χ1n) is 8.13. The molecular weight excluding hydrogens is 286 g/mol. The van der Waals surface area contributed by atoms with Crippen molar-refractivity contribution in [3.8, 4) is 5.75 Å². The van der Waals surface area contributed by atoms with Gasteiger partial charge in [0.25, 0.3) is 0 Å². The number of rotatable bonds is 3. The van der Waals surface area contributed by atoms with E-state index < -0.39 is 0 Å². The van der Waals surface area contributed by atoms with Crippen LogP contribution in [0.5, 0.6) is 5.75 Å². The summed E-state index contributed by atoms with van der Waals surface area (Å²) in [5, 5.41) is 14.4. The van der Waals surface area contributed by atoms with Crippen molar-refractivity contribution < 1.29 is 5.11 Å². The molecule has 0 unspecified atom stereocenters. The molecule has 2 heterocycles. The molecule has 3 aromatic rings. The number of fused-ring (bicyclic) bond motifs is 1. The molecule has 0 spiro atoms. The monoisotopic (exact) mass is 307 g/mol. The zero-order chi connectivity index (χ0) is 15.6. The maximum Gasteiger partial charge on any atom is 0.115 e. The Bertz CT molecular complexity index is 818. The Labute approximate surface area is 136 Å². The average molecular weight is 307 g/mol. The van der Waals surface area contributed by atoms with Crippen LogP contribution < -0.4 is 10.2 Å². The van der Waals surface area contributed by atoms with Gasteiger partial charge in [-0.05, 0) is 35.9 Å². The topological polar surface area (TPSA) is 40.4 Å². The quantitative estimate of drug-likeness (QED) is 0.782. The lowest BCUT2D eigenvalue weighted by molar-refractivity contribution is 0.474. The van der Waals surface area contributed by atoms with E-state index in [0.717, 1.165) is 38.3 Å². The lowest BCUT2D eigenvalue weighted by Crippen LogP contribution is -2.43. The molecule has 4 nitrogen and oxygen atoms in total. The van der Waals surface area contributed by atoms with Crippen LogP contribution in [0.1, 0.15) is 5.56 Å². The second-order valence-electron chi connectivity index (χ2n) is 6.06. The minimum atomic E-state index is 0.320. The number of phenolic OH excluding ortho intramolecular Hbond substituents is 1. The Balaban J connectivity index is 1.69. The molecule has 0 aliphatic carbocycles. The third-order valence-electron chi connectivity index (χ3n) is 4.51. The van der Waals surface area contributed by atoms with Crippen molar-refractivity contribution in [1.82, 2.24) is 9.88 Å². The summed E-state index contributed by atoms with van der Waals surface area (Å²) in [6, 6.07) is 16.2. The molecule has 23 heavy (non-hydrogen) atoms. The molecule has 4 rings (SSSR count). The summed E-state index contributed by atoms with van der Waals surface area (Å²) in [4.78, 5) is 2.46. The van der Waals surface area contributed by atoms with Crippen molar-refractivity contribution in [2.24, 2.45) is 0 Å². The van der Waals surface area contributed by atoms with Gasteiger partial charge in [-0.2, -0.15) is 0 Å². The minimum absolute atomic E-state index is 0.320. The molecule has 1 aliphatic heterocycles. The van der Waals surface area contributed by atoms with Crippen LogP contribution in [-0.4, -0.2) is 35.9 Å². The highest BCUT2D eigenvalue weighted by atomic mass is 16.3. The van der Waals surface area contributed by atoms with E-state index in [2.05, 4.69) is 45.2 Å². The molecule has 0 radical (unpaired) electrons. The van der Waals surface area contributed by atoms with E-state index in [-0.39, 0.29) is 0 Å². The summed E-state index contributed by atoms with van der Waals surface area (Å²) < 4.78 is 2.25. The number of anilines is 1. The third kappa shape index (κ3) is 2.78. The summed E-state index contributed by atoms with van der Waals surface area (Å²) in [7, 11) is 0. The van der Waals surface area contributed by atoms with Crippen molar-refractivity contribution in [2.45, 2.75) is 6.54 Å². The lowest BCUT2D eigenvalue weighted by Gasteiger charge is -2.30. The number of phenols is 1. The number of nitrogens with one attached hydrogen (secondary N) is 1. The Kier molecular flexibility index (Phi) is 3.67. The maximum atomic E-state index is 9.65. The normalized spacial score (nSPS) is 15.2. The van der Waals surface area contributed by atoms with Gasteiger partial charge in [-0.1, -0.05) is 18.2 Å². The highest BCUT2D eigenvalue weighted by Crippen LogP contribution is 2.28. The van der Waals surface area contributed by atoms with Gasteiger partial charge in [0.05, 0.1) is 5.52 Å². The number of hydrogen-bond donors (Lipinski definition) is 2. The minimum Gasteiger partial charge on any atom is -0.508 e. The van der Waals surface area contributed by atoms with Crippen LogP contribution in [-0.2, 0) is 6.54 Å². The molecule has 1 saturated heterocycles. The SMILES string of the molecule is Oc1cccc(Cn2ccc3c(N4CCNCC4)cccc32)c1. The van der Waals surface area contributed by atoms with Gasteiger partial charge in [-0.25, -0.2) is 0 Å². The van der Waals surface area contributed by atoms with Crippen molar-refractivity contribution in [1.29, 1.82) is 0 Å². The maximum absolute atomic E-state index is 9.65. The highest BCUT2D eigenvalue weighted by Gasteiger charge is 2.14. The standard InChI is InChI=1S/C19H21N3O/c23-16-4-1-3-15(13-16)14-22-10-7-17-18(5-2-6-19(17)22)21-11-8-20-9-12-21/h1-7,10,13,20,23H,8-9,11-12,14H2. The zero-order valence-electron chi connectivity index (χ0n) is 13.1. The number of piperazine rings is 1. The molecule has 118 valence electrons. The Morgan fingerprint density at radius 2 is 1.83 bits per heavy atom. The number of benzene rings is 2. The fourth-order valence-corrected chi connectivity index (χ4v) is 3.38. The first-order chi connectivity index (χ1) is 11.3. The van der Waals surface area contributed by atoms with Gasteiger partial charge in [-0.15, -0.1) is 0 Å². The Morgan fingerprint density at radius 1 is 1.00 bits per heavy atom. The summed E-state index contributed by atoms with van der Waals surface area (Å²) in [5.41, 5.74) is 3.66. The van der Waals surface area contributed by atoms with Gasteiger partial charge in [0.15, 0.2) is 0 Å². The molecule has 0 saturated carbocycles.